The van der Waals surface area contributed by atoms with Gasteiger partial charge in [0.25, 0.3) is 0 Å². The quantitative estimate of drug-likeness (QED) is 0.555. The Labute approximate surface area is 185 Å². The number of anilines is 1. The second-order valence-electron chi connectivity index (χ2n) is 8.04. The van der Waals surface area contributed by atoms with E-state index < -0.39 is 0 Å². The molecule has 31 heavy (non-hydrogen) atoms. The van der Waals surface area contributed by atoms with E-state index in [-0.39, 0.29) is 17.7 Å². The number of nitrogens with zero attached hydrogens (tertiary/aromatic N) is 1. The zero-order valence-electron chi connectivity index (χ0n) is 18.3. The van der Waals surface area contributed by atoms with Crippen molar-refractivity contribution in [2.45, 2.75) is 39.0 Å². The highest BCUT2D eigenvalue weighted by atomic mass is 16.5. The van der Waals surface area contributed by atoms with Gasteiger partial charge in [0.1, 0.15) is 11.5 Å². The van der Waals surface area contributed by atoms with Crippen molar-refractivity contribution in [3.8, 4) is 11.5 Å². The molecule has 6 nitrogen and oxygen atoms in total. The molecule has 1 fully saturated rings. The molecule has 0 radical (unpaired) electrons. The van der Waals surface area contributed by atoms with Crippen LogP contribution in [0.3, 0.4) is 0 Å². The largest absolute Gasteiger partial charge is 0.457 e. The summed E-state index contributed by atoms with van der Waals surface area (Å²) >= 11 is 0. The number of piperidine rings is 1. The number of amides is 2. The van der Waals surface area contributed by atoms with E-state index in [1.807, 2.05) is 54.6 Å². The van der Waals surface area contributed by atoms with Gasteiger partial charge in [-0.2, -0.15) is 0 Å². The first-order chi connectivity index (χ1) is 15.1. The molecule has 3 rings (SSSR count). The maximum Gasteiger partial charge on any atom is 0.238 e. The third-order valence-electron chi connectivity index (χ3n) is 5.50. The minimum absolute atomic E-state index is 0.0562. The standard InChI is InChI=1S/C25H33N3O3/c1-2-3-7-15-26-25(30)20-13-16-28(17-14-20)19-24(29)27-21-9-8-12-23(18-21)31-22-10-5-4-6-11-22/h4-6,8-12,18,20H,2-3,7,13-17,19H2,1H3,(H,26,30)(H,27,29). The molecule has 1 saturated heterocycles. The van der Waals surface area contributed by atoms with E-state index in [0.717, 1.165) is 57.5 Å². The Bertz CT molecular complexity index is 833. The summed E-state index contributed by atoms with van der Waals surface area (Å²) in [5.74, 6) is 1.60. The molecule has 0 unspecified atom stereocenters. The van der Waals surface area contributed by atoms with E-state index >= 15 is 0 Å². The van der Waals surface area contributed by atoms with E-state index in [1.54, 1.807) is 0 Å². The number of likely N-dealkylation sites (tertiary alicyclic amines) is 1. The molecule has 2 amide bonds. The lowest BCUT2D eigenvalue weighted by molar-refractivity contribution is -0.126. The molecule has 6 heteroatoms. The summed E-state index contributed by atoms with van der Waals surface area (Å²) in [5.41, 5.74) is 0.708. The van der Waals surface area contributed by atoms with Gasteiger partial charge in [0, 0.05) is 24.2 Å². The summed E-state index contributed by atoms with van der Waals surface area (Å²) in [5, 5.41) is 6.00. The summed E-state index contributed by atoms with van der Waals surface area (Å²) in [7, 11) is 0. The average molecular weight is 424 g/mol. The zero-order valence-corrected chi connectivity index (χ0v) is 18.3. The minimum atomic E-state index is -0.0562. The van der Waals surface area contributed by atoms with Crippen molar-refractivity contribution in [1.82, 2.24) is 10.2 Å². The molecule has 0 aromatic heterocycles. The van der Waals surface area contributed by atoms with E-state index in [9.17, 15) is 9.59 Å². The van der Waals surface area contributed by atoms with Crippen LogP contribution in [0.15, 0.2) is 54.6 Å². The van der Waals surface area contributed by atoms with Crippen LogP contribution >= 0.6 is 0 Å². The van der Waals surface area contributed by atoms with Gasteiger partial charge < -0.3 is 15.4 Å². The molecule has 2 aromatic carbocycles. The minimum Gasteiger partial charge on any atom is -0.457 e. The van der Waals surface area contributed by atoms with Gasteiger partial charge in [-0.1, -0.05) is 44.0 Å². The van der Waals surface area contributed by atoms with Gasteiger partial charge in [-0.05, 0) is 56.6 Å². The second-order valence-corrected chi connectivity index (χ2v) is 8.04. The van der Waals surface area contributed by atoms with Crippen molar-refractivity contribution in [3.63, 3.8) is 0 Å². The van der Waals surface area contributed by atoms with E-state index in [2.05, 4.69) is 22.5 Å². The van der Waals surface area contributed by atoms with Crippen molar-refractivity contribution in [2.24, 2.45) is 5.92 Å². The summed E-state index contributed by atoms with van der Waals surface area (Å²) in [6, 6.07) is 16.9. The van der Waals surface area contributed by atoms with Crippen molar-refractivity contribution in [1.29, 1.82) is 0 Å². The van der Waals surface area contributed by atoms with Crippen molar-refractivity contribution in [2.75, 3.05) is 31.5 Å². The Morgan fingerprint density at radius 3 is 2.48 bits per heavy atom. The first kappa shape index (κ1) is 22.8. The number of nitrogens with one attached hydrogen (secondary N) is 2. The summed E-state index contributed by atoms with van der Waals surface area (Å²) in [6.45, 7) is 4.77. The van der Waals surface area contributed by atoms with Crippen LogP contribution in [0, 0.1) is 5.92 Å². The number of benzene rings is 2. The predicted molar refractivity (Wildman–Crippen MR) is 123 cm³/mol. The molecular formula is C25H33N3O3. The molecule has 2 N–H and O–H groups in total. The molecule has 1 heterocycles. The lowest BCUT2D eigenvalue weighted by atomic mass is 9.96. The third-order valence-corrected chi connectivity index (χ3v) is 5.50. The van der Waals surface area contributed by atoms with Gasteiger partial charge in [-0.15, -0.1) is 0 Å². The fourth-order valence-electron chi connectivity index (χ4n) is 3.75. The van der Waals surface area contributed by atoms with Crippen molar-refractivity contribution < 1.29 is 14.3 Å². The molecule has 1 aliphatic heterocycles. The van der Waals surface area contributed by atoms with Crippen LogP contribution in [0.2, 0.25) is 0 Å². The molecule has 1 aliphatic rings. The van der Waals surface area contributed by atoms with Gasteiger partial charge >= 0.3 is 0 Å². The number of hydrogen-bond acceptors (Lipinski definition) is 4. The molecule has 0 saturated carbocycles. The van der Waals surface area contributed by atoms with Crippen LogP contribution in [-0.4, -0.2) is 42.9 Å². The first-order valence-corrected chi connectivity index (χ1v) is 11.3. The van der Waals surface area contributed by atoms with Crippen LogP contribution in [0.25, 0.3) is 0 Å². The lowest BCUT2D eigenvalue weighted by Crippen LogP contribution is -2.43. The number of unbranched alkanes of at least 4 members (excludes halogenated alkanes) is 2. The van der Waals surface area contributed by atoms with Gasteiger partial charge in [-0.25, -0.2) is 0 Å². The summed E-state index contributed by atoms with van der Waals surface area (Å²) in [6.07, 6.45) is 4.94. The van der Waals surface area contributed by atoms with Gasteiger partial charge in [0.15, 0.2) is 0 Å². The Morgan fingerprint density at radius 2 is 1.74 bits per heavy atom. The molecule has 0 bridgehead atoms. The number of carbonyl (C=O) groups excluding carboxylic acids is 2. The van der Waals surface area contributed by atoms with Crippen molar-refractivity contribution >= 4 is 17.5 Å². The Hall–Kier alpha value is -2.86. The smallest absolute Gasteiger partial charge is 0.238 e. The monoisotopic (exact) mass is 423 g/mol. The highest BCUT2D eigenvalue weighted by Crippen LogP contribution is 2.24. The molecular weight excluding hydrogens is 390 g/mol. The second kappa shape index (κ2) is 12.1. The van der Waals surface area contributed by atoms with Gasteiger partial charge in [-0.3, -0.25) is 14.5 Å². The summed E-state index contributed by atoms with van der Waals surface area (Å²) < 4.78 is 5.83. The normalized spacial score (nSPS) is 14.7. The third kappa shape index (κ3) is 7.72. The molecule has 166 valence electrons. The van der Waals surface area contributed by atoms with Crippen LogP contribution in [-0.2, 0) is 9.59 Å². The van der Waals surface area contributed by atoms with Crippen LogP contribution < -0.4 is 15.4 Å². The fraction of sp³-hybridized carbons (Fsp3) is 0.440. The van der Waals surface area contributed by atoms with Gasteiger partial charge in [0.2, 0.25) is 11.8 Å². The summed E-state index contributed by atoms with van der Waals surface area (Å²) in [4.78, 5) is 26.9. The SMILES string of the molecule is CCCCCNC(=O)C1CCN(CC(=O)Nc2cccc(Oc3ccccc3)c2)CC1. The number of para-hydroxylation sites is 1. The van der Waals surface area contributed by atoms with Gasteiger partial charge in [0.05, 0.1) is 6.54 Å². The first-order valence-electron chi connectivity index (χ1n) is 11.3. The highest BCUT2D eigenvalue weighted by Gasteiger charge is 2.25. The number of hydrogen-bond donors (Lipinski definition) is 2. The molecule has 2 aromatic rings. The van der Waals surface area contributed by atoms with Crippen molar-refractivity contribution in [3.05, 3.63) is 54.6 Å². The lowest BCUT2D eigenvalue weighted by Gasteiger charge is -2.30. The number of ether oxygens (including phenoxy) is 1. The maximum absolute atomic E-state index is 12.5. The maximum atomic E-state index is 12.5. The van der Waals surface area contributed by atoms with Crippen LogP contribution in [0.5, 0.6) is 11.5 Å². The van der Waals surface area contributed by atoms with E-state index in [0.29, 0.717) is 18.0 Å². The Morgan fingerprint density at radius 1 is 1.00 bits per heavy atom. The molecule has 0 aliphatic carbocycles. The molecule has 0 spiro atoms. The van der Waals surface area contributed by atoms with Crippen LogP contribution in [0.4, 0.5) is 5.69 Å². The Balaban J connectivity index is 1.40. The Kier molecular flexibility index (Phi) is 8.91. The topological polar surface area (TPSA) is 70.7 Å². The fourth-order valence-corrected chi connectivity index (χ4v) is 3.75. The predicted octanol–water partition coefficient (Wildman–Crippen LogP) is 4.44. The van der Waals surface area contributed by atoms with E-state index in [4.69, 9.17) is 4.74 Å². The number of carbonyl (C=O) groups is 2. The average Bonchev–Trinajstić information content (AvgIpc) is 2.78. The van der Waals surface area contributed by atoms with E-state index in [1.165, 1.54) is 0 Å². The number of rotatable bonds is 10. The molecule has 0 atom stereocenters. The zero-order chi connectivity index (χ0) is 21.9. The highest BCUT2D eigenvalue weighted by molar-refractivity contribution is 5.92. The van der Waals surface area contributed by atoms with Crippen LogP contribution in [0.1, 0.15) is 39.0 Å².